The van der Waals surface area contributed by atoms with Gasteiger partial charge in [0.2, 0.25) is 0 Å². The fourth-order valence-corrected chi connectivity index (χ4v) is 3.28. The molecule has 4 rings (SSSR count). The van der Waals surface area contributed by atoms with Gasteiger partial charge in [0.25, 0.3) is 5.91 Å². The van der Waals surface area contributed by atoms with Gasteiger partial charge in [-0.05, 0) is 47.4 Å². The van der Waals surface area contributed by atoms with Crippen molar-refractivity contribution in [2.45, 2.75) is 12.8 Å². The monoisotopic (exact) mass is 369 g/mol. The van der Waals surface area contributed by atoms with Gasteiger partial charge in [0.1, 0.15) is 0 Å². The van der Waals surface area contributed by atoms with E-state index in [0.717, 1.165) is 48.6 Å². The number of amidine groups is 1. The highest BCUT2D eigenvalue weighted by Crippen LogP contribution is 2.20. The first-order valence-corrected chi connectivity index (χ1v) is 9.61. The molecule has 0 spiro atoms. The van der Waals surface area contributed by atoms with Gasteiger partial charge in [0.05, 0.1) is 12.4 Å². The zero-order valence-electron chi connectivity index (χ0n) is 15.7. The molecule has 0 bridgehead atoms. The number of aliphatic imine (C=N–C) groups is 1. The zero-order chi connectivity index (χ0) is 19.2. The van der Waals surface area contributed by atoms with Gasteiger partial charge >= 0.3 is 0 Å². The average molecular weight is 369 g/mol. The molecule has 4 heteroatoms. The van der Waals surface area contributed by atoms with Crippen LogP contribution in [-0.2, 0) is 6.42 Å². The number of aryl methyl sites for hydroxylation is 1. The number of rotatable bonds is 6. The van der Waals surface area contributed by atoms with Crippen LogP contribution in [0.2, 0.25) is 0 Å². The first-order valence-electron chi connectivity index (χ1n) is 9.61. The second-order valence-electron chi connectivity index (χ2n) is 6.85. The van der Waals surface area contributed by atoms with Crippen LogP contribution in [0.1, 0.15) is 22.3 Å². The van der Waals surface area contributed by atoms with E-state index < -0.39 is 0 Å². The molecule has 0 saturated heterocycles. The fourth-order valence-electron chi connectivity index (χ4n) is 3.28. The molecule has 0 atom stereocenters. The van der Waals surface area contributed by atoms with Crippen molar-refractivity contribution in [3.8, 4) is 11.1 Å². The third-order valence-electron chi connectivity index (χ3n) is 4.86. The molecule has 3 aromatic carbocycles. The van der Waals surface area contributed by atoms with E-state index in [1.54, 1.807) is 0 Å². The predicted molar refractivity (Wildman–Crippen MR) is 115 cm³/mol. The molecule has 4 nitrogen and oxygen atoms in total. The standard InChI is InChI=1S/C24H23N3O/c28-24(21-11-9-20(10-12-21)19-4-2-1-3-5-19)27-22-13-6-18(7-14-22)8-15-23-25-16-17-26-23/h1-7,9-14H,8,15-17H2,(H,25,26)(H,27,28). The third-order valence-corrected chi connectivity index (χ3v) is 4.86. The van der Waals surface area contributed by atoms with Crippen LogP contribution in [-0.4, -0.2) is 24.8 Å². The molecule has 1 aliphatic rings. The van der Waals surface area contributed by atoms with Gasteiger partial charge in [-0.15, -0.1) is 0 Å². The largest absolute Gasteiger partial charge is 0.372 e. The Morgan fingerprint density at radius 2 is 1.57 bits per heavy atom. The van der Waals surface area contributed by atoms with Crippen LogP contribution in [0, 0.1) is 0 Å². The fraction of sp³-hybridized carbons (Fsp3) is 0.167. The lowest BCUT2D eigenvalue weighted by Crippen LogP contribution is -2.18. The minimum absolute atomic E-state index is 0.100. The van der Waals surface area contributed by atoms with Crippen LogP contribution in [0.4, 0.5) is 5.69 Å². The molecule has 28 heavy (non-hydrogen) atoms. The van der Waals surface area contributed by atoms with Gasteiger partial charge in [-0.25, -0.2) is 0 Å². The molecule has 0 fully saturated rings. The predicted octanol–water partition coefficient (Wildman–Crippen LogP) is 4.54. The molecule has 0 saturated carbocycles. The van der Waals surface area contributed by atoms with Crippen LogP contribution < -0.4 is 10.6 Å². The molecular weight excluding hydrogens is 346 g/mol. The van der Waals surface area contributed by atoms with E-state index >= 15 is 0 Å². The van der Waals surface area contributed by atoms with Crippen molar-refractivity contribution in [2.24, 2.45) is 4.99 Å². The number of hydrogen-bond donors (Lipinski definition) is 2. The summed E-state index contributed by atoms with van der Waals surface area (Å²) in [6.45, 7) is 1.83. The maximum absolute atomic E-state index is 12.5. The van der Waals surface area contributed by atoms with Gasteiger partial charge in [-0.1, -0.05) is 54.6 Å². The number of benzene rings is 3. The maximum atomic E-state index is 12.5. The van der Waals surface area contributed by atoms with Gasteiger partial charge < -0.3 is 10.6 Å². The Morgan fingerprint density at radius 3 is 2.25 bits per heavy atom. The van der Waals surface area contributed by atoms with E-state index in [1.165, 1.54) is 5.56 Å². The number of nitrogens with zero attached hydrogens (tertiary/aromatic N) is 1. The summed E-state index contributed by atoms with van der Waals surface area (Å²) >= 11 is 0. The lowest BCUT2D eigenvalue weighted by molar-refractivity contribution is 0.102. The van der Waals surface area contributed by atoms with Crippen molar-refractivity contribution in [2.75, 3.05) is 18.4 Å². The normalized spacial score (nSPS) is 12.9. The zero-order valence-corrected chi connectivity index (χ0v) is 15.7. The smallest absolute Gasteiger partial charge is 0.255 e. The lowest BCUT2D eigenvalue weighted by Gasteiger charge is -2.08. The SMILES string of the molecule is O=C(Nc1ccc(CCC2=NCCN2)cc1)c1ccc(-c2ccccc2)cc1. The van der Waals surface area contributed by atoms with Crippen LogP contribution in [0.5, 0.6) is 0 Å². The molecule has 0 aromatic heterocycles. The average Bonchev–Trinajstić information content (AvgIpc) is 3.28. The highest BCUT2D eigenvalue weighted by molar-refractivity contribution is 6.04. The minimum Gasteiger partial charge on any atom is -0.372 e. The van der Waals surface area contributed by atoms with Crippen molar-refractivity contribution < 1.29 is 4.79 Å². The summed E-state index contributed by atoms with van der Waals surface area (Å²) in [5.74, 6) is 0.994. The molecule has 0 radical (unpaired) electrons. The number of anilines is 1. The Labute approximate surface area is 165 Å². The summed E-state index contributed by atoms with van der Waals surface area (Å²) in [6.07, 6.45) is 1.88. The highest BCUT2D eigenvalue weighted by Gasteiger charge is 2.08. The van der Waals surface area contributed by atoms with Gasteiger partial charge in [-0.3, -0.25) is 9.79 Å². The Bertz CT molecular complexity index is 961. The molecule has 1 amide bonds. The quantitative estimate of drug-likeness (QED) is 0.670. The van der Waals surface area contributed by atoms with Gasteiger partial charge in [-0.2, -0.15) is 0 Å². The third kappa shape index (κ3) is 4.46. The second-order valence-corrected chi connectivity index (χ2v) is 6.85. The Hall–Kier alpha value is -3.40. The number of carbonyl (C=O) groups excluding carboxylic acids is 1. The summed E-state index contributed by atoms with van der Waals surface area (Å²) in [7, 11) is 0. The highest BCUT2D eigenvalue weighted by atomic mass is 16.1. The summed E-state index contributed by atoms with van der Waals surface area (Å²) < 4.78 is 0. The van der Waals surface area contributed by atoms with Crippen molar-refractivity contribution in [3.05, 3.63) is 90.0 Å². The first-order chi connectivity index (χ1) is 13.8. The summed E-state index contributed by atoms with van der Waals surface area (Å²) in [6, 6.07) is 25.9. The van der Waals surface area contributed by atoms with Gasteiger partial charge in [0.15, 0.2) is 0 Å². The molecule has 1 heterocycles. The van der Waals surface area contributed by atoms with E-state index in [9.17, 15) is 4.79 Å². The summed E-state index contributed by atoms with van der Waals surface area (Å²) in [5, 5.41) is 6.26. The molecular formula is C24H23N3O. The van der Waals surface area contributed by atoms with Crippen molar-refractivity contribution >= 4 is 17.4 Å². The Balaban J connectivity index is 1.35. The topological polar surface area (TPSA) is 53.5 Å². The van der Waals surface area contributed by atoms with Crippen LogP contribution >= 0.6 is 0 Å². The molecule has 0 unspecified atom stereocenters. The van der Waals surface area contributed by atoms with E-state index in [0.29, 0.717) is 5.56 Å². The van der Waals surface area contributed by atoms with Crippen molar-refractivity contribution in [3.63, 3.8) is 0 Å². The maximum Gasteiger partial charge on any atom is 0.255 e. The summed E-state index contributed by atoms with van der Waals surface area (Å²) in [5.41, 5.74) is 4.93. The number of carbonyl (C=O) groups is 1. The minimum atomic E-state index is -0.100. The number of nitrogens with one attached hydrogen (secondary N) is 2. The van der Waals surface area contributed by atoms with E-state index in [4.69, 9.17) is 0 Å². The van der Waals surface area contributed by atoms with Crippen molar-refractivity contribution in [1.82, 2.24) is 5.32 Å². The molecule has 2 N–H and O–H groups in total. The van der Waals surface area contributed by atoms with Crippen LogP contribution in [0.3, 0.4) is 0 Å². The molecule has 0 aliphatic carbocycles. The molecule has 3 aromatic rings. The summed E-state index contributed by atoms with van der Waals surface area (Å²) in [4.78, 5) is 16.9. The molecule has 140 valence electrons. The van der Waals surface area contributed by atoms with E-state index in [2.05, 4.69) is 39.9 Å². The lowest BCUT2D eigenvalue weighted by atomic mass is 10.0. The second kappa shape index (κ2) is 8.53. The molecule has 1 aliphatic heterocycles. The van der Waals surface area contributed by atoms with Gasteiger partial charge in [0, 0.05) is 24.2 Å². The Kier molecular flexibility index (Phi) is 5.48. The number of amides is 1. The van der Waals surface area contributed by atoms with Crippen LogP contribution in [0.25, 0.3) is 11.1 Å². The van der Waals surface area contributed by atoms with Crippen molar-refractivity contribution in [1.29, 1.82) is 0 Å². The Morgan fingerprint density at radius 1 is 0.857 bits per heavy atom. The van der Waals surface area contributed by atoms with E-state index in [-0.39, 0.29) is 5.91 Å². The van der Waals surface area contributed by atoms with E-state index in [1.807, 2.05) is 54.6 Å². The number of hydrogen-bond acceptors (Lipinski definition) is 3. The van der Waals surface area contributed by atoms with Crippen LogP contribution in [0.15, 0.2) is 83.9 Å². The first kappa shape index (κ1) is 18.0.